The molecule has 1 aromatic heterocycles. The van der Waals surface area contributed by atoms with Crippen LogP contribution >= 0.6 is 11.6 Å². The minimum Gasteiger partial charge on any atom is -0.319 e. The van der Waals surface area contributed by atoms with E-state index in [-0.39, 0.29) is 11.7 Å². The van der Waals surface area contributed by atoms with Gasteiger partial charge in [-0.3, -0.25) is 9.89 Å². The zero-order valence-corrected chi connectivity index (χ0v) is 9.25. The van der Waals surface area contributed by atoms with Crippen molar-refractivity contribution in [3.63, 3.8) is 0 Å². The van der Waals surface area contributed by atoms with Gasteiger partial charge < -0.3 is 5.32 Å². The molecule has 1 heterocycles. The van der Waals surface area contributed by atoms with Gasteiger partial charge in [0, 0.05) is 10.7 Å². The Balaban J connectivity index is 2.10. The second kappa shape index (κ2) is 4.32. The van der Waals surface area contributed by atoms with Crippen LogP contribution in [0.25, 0.3) is 0 Å². The zero-order valence-electron chi connectivity index (χ0n) is 8.49. The summed E-state index contributed by atoms with van der Waals surface area (Å²) in [5.74, 6) is 0.361. The number of carbonyl (C=O) groups excluding carboxylic acids is 1. The average Bonchev–Trinajstić information content (AvgIpc) is 2.68. The van der Waals surface area contributed by atoms with Crippen molar-refractivity contribution in [2.75, 3.05) is 5.32 Å². The first-order valence-electron chi connectivity index (χ1n) is 4.61. The monoisotopic (exact) mass is 236 g/mol. The standard InChI is InChI=1S/C10H9ClN4O/c1-6-12-9(15-14-6)10(16)13-8-4-2-7(11)3-5-8/h2-5H,1H3,(H,13,16)(H,12,14,15). The summed E-state index contributed by atoms with van der Waals surface area (Å²) >= 11 is 5.73. The molecule has 0 fully saturated rings. The number of benzene rings is 1. The number of amides is 1. The van der Waals surface area contributed by atoms with Crippen molar-refractivity contribution < 1.29 is 4.79 Å². The second-order valence-electron chi connectivity index (χ2n) is 3.21. The molecule has 0 spiro atoms. The van der Waals surface area contributed by atoms with E-state index < -0.39 is 0 Å². The SMILES string of the molecule is Cc1nc(C(=O)Nc2ccc(Cl)cc2)n[nH]1. The number of aromatic nitrogens is 3. The van der Waals surface area contributed by atoms with E-state index in [0.29, 0.717) is 16.5 Å². The first-order chi connectivity index (χ1) is 7.65. The van der Waals surface area contributed by atoms with Crippen LogP contribution in [-0.4, -0.2) is 21.1 Å². The van der Waals surface area contributed by atoms with E-state index in [2.05, 4.69) is 20.5 Å². The first kappa shape index (κ1) is 10.6. The van der Waals surface area contributed by atoms with E-state index in [1.807, 2.05) is 0 Å². The Morgan fingerprint density at radius 2 is 2.06 bits per heavy atom. The largest absolute Gasteiger partial charge is 0.319 e. The fraction of sp³-hybridized carbons (Fsp3) is 0.100. The predicted molar refractivity (Wildman–Crippen MR) is 60.5 cm³/mol. The molecule has 2 N–H and O–H groups in total. The van der Waals surface area contributed by atoms with Crippen LogP contribution < -0.4 is 5.32 Å². The van der Waals surface area contributed by atoms with Gasteiger partial charge in [-0.25, -0.2) is 4.98 Å². The normalized spacial score (nSPS) is 10.1. The van der Waals surface area contributed by atoms with Crippen molar-refractivity contribution in [1.29, 1.82) is 0 Å². The van der Waals surface area contributed by atoms with E-state index in [9.17, 15) is 4.79 Å². The summed E-state index contributed by atoms with van der Waals surface area (Å²) in [6, 6.07) is 6.81. The molecule has 1 aromatic carbocycles. The van der Waals surface area contributed by atoms with Crippen LogP contribution in [0.2, 0.25) is 5.02 Å². The van der Waals surface area contributed by atoms with E-state index in [4.69, 9.17) is 11.6 Å². The lowest BCUT2D eigenvalue weighted by Crippen LogP contribution is -2.13. The molecular formula is C10H9ClN4O. The predicted octanol–water partition coefficient (Wildman–Crippen LogP) is 2.02. The van der Waals surface area contributed by atoms with Gasteiger partial charge in [-0.2, -0.15) is 0 Å². The van der Waals surface area contributed by atoms with Crippen LogP contribution in [-0.2, 0) is 0 Å². The van der Waals surface area contributed by atoms with Crippen molar-refractivity contribution in [1.82, 2.24) is 15.2 Å². The molecule has 0 aliphatic heterocycles. The zero-order chi connectivity index (χ0) is 11.5. The number of nitrogens with one attached hydrogen (secondary N) is 2. The maximum Gasteiger partial charge on any atom is 0.295 e. The topological polar surface area (TPSA) is 70.7 Å². The second-order valence-corrected chi connectivity index (χ2v) is 3.64. The molecule has 0 saturated heterocycles. The Bertz CT molecular complexity index is 506. The van der Waals surface area contributed by atoms with Gasteiger partial charge in [-0.15, -0.1) is 5.10 Å². The number of carbonyl (C=O) groups is 1. The highest BCUT2D eigenvalue weighted by molar-refractivity contribution is 6.30. The smallest absolute Gasteiger partial charge is 0.295 e. The molecule has 2 aromatic rings. The number of hydrogen-bond acceptors (Lipinski definition) is 3. The molecule has 0 unspecified atom stereocenters. The van der Waals surface area contributed by atoms with Crippen molar-refractivity contribution >= 4 is 23.2 Å². The van der Waals surface area contributed by atoms with Gasteiger partial charge in [0.1, 0.15) is 5.82 Å². The third-order valence-corrected chi connectivity index (χ3v) is 2.15. The lowest BCUT2D eigenvalue weighted by atomic mass is 10.3. The highest BCUT2D eigenvalue weighted by Gasteiger charge is 2.10. The Kier molecular flexibility index (Phi) is 2.87. The van der Waals surface area contributed by atoms with Gasteiger partial charge in [-0.1, -0.05) is 11.6 Å². The van der Waals surface area contributed by atoms with Crippen LogP contribution in [0.15, 0.2) is 24.3 Å². The quantitative estimate of drug-likeness (QED) is 0.838. The van der Waals surface area contributed by atoms with Crippen LogP contribution in [0.3, 0.4) is 0 Å². The van der Waals surface area contributed by atoms with Gasteiger partial charge >= 0.3 is 0 Å². The number of nitrogens with zero attached hydrogens (tertiary/aromatic N) is 2. The van der Waals surface area contributed by atoms with E-state index >= 15 is 0 Å². The number of aromatic amines is 1. The Hall–Kier alpha value is -1.88. The molecule has 2 rings (SSSR count). The molecule has 0 saturated carbocycles. The summed E-state index contributed by atoms with van der Waals surface area (Å²) in [6.45, 7) is 1.73. The van der Waals surface area contributed by atoms with Crippen molar-refractivity contribution in [2.45, 2.75) is 6.92 Å². The third kappa shape index (κ3) is 2.38. The third-order valence-electron chi connectivity index (χ3n) is 1.90. The van der Waals surface area contributed by atoms with Gasteiger partial charge in [0.05, 0.1) is 0 Å². The Labute approximate surface area is 96.8 Å². The van der Waals surface area contributed by atoms with E-state index in [0.717, 1.165) is 0 Å². The highest BCUT2D eigenvalue weighted by Crippen LogP contribution is 2.13. The fourth-order valence-corrected chi connectivity index (χ4v) is 1.29. The van der Waals surface area contributed by atoms with Crippen LogP contribution in [0.1, 0.15) is 16.4 Å². The van der Waals surface area contributed by atoms with Crippen molar-refractivity contribution in [3.05, 3.63) is 40.9 Å². The number of rotatable bonds is 2. The number of anilines is 1. The fourth-order valence-electron chi connectivity index (χ4n) is 1.16. The molecule has 0 radical (unpaired) electrons. The molecular weight excluding hydrogens is 228 g/mol. The van der Waals surface area contributed by atoms with Crippen molar-refractivity contribution in [2.24, 2.45) is 0 Å². The molecule has 0 bridgehead atoms. The average molecular weight is 237 g/mol. The maximum atomic E-state index is 11.6. The first-order valence-corrected chi connectivity index (χ1v) is 4.99. The highest BCUT2D eigenvalue weighted by atomic mass is 35.5. The van der Waals surface area contributed by atoms with E-state index in [1.54, 1.807) is 31.2 Å². The van der Waals surface area contributed by atoms with Crippen LogP contribution in [0.4, 0.5) is 5.69 Å². The number of aryl methyl sites for hydroxylation is 1. The molecule has 82 valence electrons. The summed E-state index contributed by atoms with van der Waals surface area (Å²) in [6.07, 6.45) is 0. The molecule has 16 heavy (non-hydrogen) atoms. The lowest BCUT2D eigenvalue weighted by molar-refractivity contribution is 0.101. The molecule has 0 aliphatic rings. The molecule has 0 aliphatic carbocycles. The molecule has 5 nitrogen and oxygen atoms in total. The summed E-state index contributed by atoms with van der Waals surface area (Å²) in [7, 11) is 0. The van der Waals surface area contributed by atoms with Gasteiger partial charge in [-0.05, 0) is 31.2 Å². The minimum atomic E-state index is -0.355. The molecule has 1 amide bonds. The molecule has 6 heteroatoms. The Morgan fingerprint density at radius 1 is 1.38 bits per heavy atom. The summed E-state index contributed by atoms with van der Waals surface area (Å²) in [5, 5.41) is 9.63. The van der Waals surface area contributed by atoms with Gasteiger partial charge in [0.15, 0.2) is 0 Å². The van der Waals surface area contributed by atoms with Crippen LogP contribution in [0.5, 0.6) is 0 Å². The minimum absolute atomic E-state index is 0.118. The number of H-pyrrole nitrogens is 1. The number of hydrogen-bond donors (Lipinski definition) is 2. The summed E-state index contributed by atoms with van der Waals surface area (Å²) in [5.41, 5.74) is 0.650. The number of halogens is 1. The van der Waals surface area contributed by atoms with Gasteiger partial charge in [0.25, 0.3) is 5.91 Å². The van der Waals surface area contributed by atoms with Gasteiger partial charge in [0.2, 0.25) is 5.82 Å². The maximum absolute atomic E-state index is 11.6. The van der Waals surface area contributed by atoms with Crippen molar-refractivity contribution in [3.8, 4) is 0 Å². The Morgan fingerprint density at radius 3 is 2.62 bits per heavy atom. The van der Waals surface area contributed by atoms with E-state index in [1.165, 1.54) is 0 Å². The lowest BCUT2D eigenvalue weighted by Gasteiger charge is -2.01. The molecule has 0 atom stereocenters. The van der Waals surface area contributed by atoms with Crippen LogP contribution in [0, 0.1) is 6.92 Å². The summed E-state index contributed by atoms with van der Waals surface area (Å²) < 4.78 is 0. The summed E-state index contributed by atoms with van der Waals surface area (Å²) in [4.78, 5) is 15.5.